The summed E-state index contributed by atoms with van der Waals surface area (Å²) in [6, 6.07) is 12.6. The van der Waals surface area contributed by atoms with E-state index in [0.717, 1.165) is 5.56 Å². The predicted molar refractivity (Wildman–Crippen MR) is 129 cm³/mol. The lowest BCUT2D eigenvalue weighted by Crippen LogP contribution is -2.14. The van der Waals surface area contributed by atoms with E-state index in [2.05, 4.69) is 20.6 Å². The van der Waals surface area contributed by atoms with E-state index in [0.29, 0.717) is 59.1 Å². The topological polar surface area (TPSA) is 114 Å². The van der Waals surface area contributed by atoms with E-state index in [1.165, 1.54) is 0 Å². The second-order valence-electron chi connectivity index (χ2n) is 7.68. The first-order valence-corrected chi connectivity index (χ1v) is 11.1. The number of anilines is 1. The van der Waals surface area contributed by atoms with Crippen LogP contribution in [-0.4, -0.2) is 46.7 Å². The van der Waals surface area contributed by atoms with Crippen LogP contribution in [0.15, 0.2) is 46.9 Å². The molecule has 0 radical (unpaired) electrons. The summed E-state index contributed by atoms with van der Waals surface area (Å²) in [5, 5.41) is 11.0. The fraction of sp³-hybridized carbons (Fsp3) is 0.280. The third kappa shape index (κ3) is 5.11. The van der Waals surface area contributed by atoms with E-state index >= 15 is 0 Å². The van der Waals surface area contributed by atoms with Crippen molar-refractivity contribution in [1.29, 1.82) is 0 Å². The summed E-state index contributed by atoms with van der Waals surface area (Å²) in [5.74, 6) is 2.71. The zero-order valence-electron chi connectivity index (χ0n) is 20.3. The number of benzene rings is 2. The Kier molecular flexibility index (Phi) is 7.00. The van der Waals surface area contributed by atoms with Gasteiger partial charge in [0, 0.05) is 11.3 Å². The molecule has 0 aliphatic carbocycles. The highest BCUT2D eigenvalue weighted by atomic mass is 16.5. The SMILES string of the molecule is CCOc1ccc(-c2nc(Cn3nnc(C(=O)Nc4ccc(OC)cc4)c3C)c(C)o2)cc1OC. The lowest BCUT2D eigenvalue weighted by molar-refractivity contribution is 0.102. The van der Waals surface area contributed by atoms with Crippen molar-refractivity contribution >= 4 is 11.6 Å². The van der Waals surface area contributed by atoms with Gasteiger partial charge in [-0.2, -0.15) is 0 Å². The molecule has 0 saturated heterocycles. The first-order chi connectivity index (χ1) is 16.9. The number of oxazole rings is 1. The predicted octanol–water partition coefficient (Wildman–Crippen LogP) is 4.27. The van der Waals surface area contributed by atoms with Crippen LogP contribution in [0.4, 0.5) is 5.69 Å². The van der Waals surface area contributed by atoms with Crippen LogP contribution in [0.2, 0.25) is 0 Å². The molecule has 0 unspecified atom stereocenters. The summed E-state index contributed by atoms with van der Waals surface area (Å²) < 4.78 is 23.7. The molecule has 0 atom stereocenters. The zero-order valence-corrected chi connectivity index (χ0v) is 20.3. The summed E-state index contributed by atoms with van der Waals surface area (Å²) in [7, 11) is 3.17. The van der Waals surface area contributed by atoms with Crippen molar-refractivity contribution in [2.75, 3.05) is 26.1 Å². The van der Waals surface area contributed by atoms with Crippen molar-refractivity contribution in [3.63, 3.8) is 0 Å². The maximum atomic E-state index is 12.7. The van der Waals surface area contributed by atoms with Gasteiger partial charge in [-0.25, -0.2) is 9.67 Å². The summed E-state index contributed by atoms with van der Waals surface area (Å²) in [5.41, 5.74) is 2.92. The monoisotopic (exact) mass is 477 g/mol. The smallest absolute Gasteiger partial charge is 0.278 e. The van der Waals surface area contributed by atoms with E-state index in [1.54, 1.807) is 50.1 Å². The van der Waals surface area contributed by atoms with E-state index in [1.807, 2.05) is 32.0 Å². The lowest BCUT2D eigenvalue weighted by atomic mass is 10.2. The van der Waals surface area contributed by atoms with E-state index in [4.69, 9.17) is 18.6 Å². The van der Waals surface area contributed by atoms with Gasteiger partial charge in [0.25, 0.3) is 5.91 Å². The first-order valence-electron chi connectivity index (χ1n) is 11.1. The number of carbonyl (C=O) groups excluding carboxylic acids is 1. The van der Waals surface area contributed by atoms with Crippen LogP contribution in [0, 0.1) is 13.8 Å². The summed E-state index contributed by atoms with van der Waals surface area (Å²) in [4.78, 5) is 17.4. The summed E-state index contributed by atoms with van der Waals surface area (Å²) >= 11 is 0. The number of nitrogens with one attached hydrogen (secondary N) is 1. The highest BCUT2D eigenvalue weighted by molar-refractivity contribution is 6.03. The summed E-state index contributed by atoms with van der Waals surface area (Å²) in [6.07, 6.45) is 0. The number of methoxy groups -OCH3 is 2. The average molecular weight is 478 g/mol. The van der Waals surface area contributed by atoms with Gasteiger partial charge >= 0.3 is 0 Å². The van der Waals surface area contributed by atoms with Gasteiger partial charge in [0.2, 0.25) is 5.89 Å². The van der Waals surface area contributed by atoms with Crippen LogP contribution in [0.3, 0.4) is 0 Å². The van der Waals surface area contributed by atoms with Gasteiger partial charge in [0.1, 0.15) is 17.2 Å². The molecule has 0 spiro atoms. The number of ether oxygens (including phenoxy) is 3. The molecule has 0 saturated carbocycles. The highest BCUT2D eigenvalue weighted by Crippen LogP contribution is 2.33. The van der Waals surface area contributed by atoms with Crippen LogP contribution < -0.4 is 19.5 Å². The average Bonchev–Trinajstić information content (AvgIpc) is 3.42. The normalized spacial score (nSPS) is 10.8. The molecule has 0 aliphatic heterocycles. The molecule has 182 valence electrons. The lowest BCUT2D eigenvalue weighted by Gasteiger charge is -2.09. The first kappa shape index (κ1) is 23.8. The van der Waals surface area contributed by atoms with Gasteiger partial charge in [-0.1, -0.05) is 5.21 Å². The number of aryl methyl sites for hydroxylation is 1. The van der Waals surface area contributed by atoms with Gasteiger partial charge in [0.15, 0.2) is 17.2 Å². The Bertz CT molecular complexity index is 1330. The second-order valence-corrected chi connectivity index (χ2v) is 7.68. The molecule has 10 heteroatoms. The van der Waals surface area contributed by atoms with E-state index in [-0.39, 0.29) is 11.6 Å². The number of aromatic nitrogens is 4. The number of nitrogens with zero attached hydrogens (tertiary/aromatic N) is 4. The molecule has 1 amide bonds. The third-order valence-electron chi connectivity index (χ3n) is 5.45. The molecular weight excluding hydrogens is 450 g/mol. The van der Waals surface area contributed by atoms with Gasteiger partial charge in [0.05, 0.1) is 33.1 Å². The van der Waals surface area contributed by atoms with Crippen molar-refractivity contribution in [2.24, 2.45) is 0 Å². The van der Waals surface area contributed by atoms with Crippen LogP contribution >= 0.6 is 0 Å². The number of hydrogen-bond donors (Lipinski definition) is 1. The molecule has 0 bridgehead atoms. The number of rotatable bonds is 9. The largest absolute Gasteiger partial charge is 0.497 e. The Morgan fingerprint density at radius 3 is 2.51 bits per heavy atom. The maximum Gasteiger partial charge on any atom is 0.278 e. The van der Waals surface area contributed by atoms with Crippen LogP contribution in [0.5, 0.6) is 17.2 Å². The van der Waals surface area contributed by atoms with Crippen molar-refractivity contribution in [1.82, 2.24) is 20.0 Å². The zero-order chi connectivity index (χ0) is 24.9. The Morgan fingerprint density at radius 1 is 1.06 bits per heavy atom. The van der Waals surface area contributed by atoms with Crippen molar-refractivity contribution < 1.29 is 23.4 Å². The number of carbonyl (C=O) groups is 1. The van der Waals surface area contributed by atoms with Crippen LogP contribution in [0.25, 0.3) is 11.5 Å². The minimum Gasteiger partial charge on any atom is -0.497 e. The third-order valence-corrected chi connectivity index (χ3v) is 5.45. The minimum atomic E-state index is -0.349. The van der Waals surface area contributed by atoms with Gasteiger partial charge < -0.3 is 23.9 Å². The van der Waals surface area contributed by atoms with Crippen molar-refractivity contribution in [3.8, 4) is 28.7 Å². The molecule has 4 rings (SSSR count). The molecule has 35 heavy (non-hydrogen) atoms. The molecule has 0 aliphatic rings. The van der Waals surface area contributed by atoms with Crippen LogP contribution in [-0.2, 0) is 6.54 Å². The van der Waals surface area contributed by atoms with Gasteiger partial charge in [-0.15, -0.1) is 5.10 Å². The molecule has 10 nitrogen and oxygen atoms in total. The fourth-order valence-electron chi connectivity index (χ4n) is 3.50. The summed E-state index contributed by atoms with van der Waals surface area (Å²) in [6.45, 7) is 6.38. The van der Waals surface area contributed by atoms with E-state index < -0.39 is 0 Å². The maximum absolute atomic E-state index is 12.7. The number of amides is 1. The quantitative estimate of drug-likeness (QED) is 0.380. The molecule has 0 fully saturated rings. The molecular formula is C25H27N5O5. The second kappa shape index (κ2) is 10.3. The molecule has 2 heterocycles. The van der Waals surface area contributed by atoms with E-state index in [9.17, 15) is 4.79 Å². The van der Waals surface area contributed by atoms with Crippen LogP contribution in [0.1, 0.15) is 34.6 Å². The Balaban J connectivity index is 1.51. The van der Waals surface area contributed by atoms with Gasteiger partial charge in [-0.3, -0.25) is 4.79 Å². The molecule has 4 aromatic rings. The minimum absolute atomic E-state index is 0.235. The fourth-order valence-corrected chi connectivity index (χ4v) is 3.50. The molecule has 2 aromatic carbocycles. The Labute approximate surface area is 202 Å². The highest BCUT2D eigenvalue weighted by Gasteiger charge is 2.20. The van der Waals surface area contributed by atoms with Gasteiger partial charge in [-0.05, 0) is 63.2 Å². The molecule has 2 aromatic heterocycles. The number of hydrogen-bond acceptors (Lipinski definition) is 8. The standard InChI is InChI=1S/C25H27N5O5/c1-6-34-21-12-7-17(13-22(21)33-5)25-27-20(16(3)35-25)14-30-15(2)23(28-29-30)24(31)26-18-8-10-19(32-4)11-9-18/h7-13H,6,14H2,1-5H3,(H,26,31). The Morgan fingerprint density at radius 2 is 1.83 bits per heavy atom. The van der Waals surface area contributed by atoms with Crippen molar-refractivity contribution in [2.45, 2.75) is 27.3 Å². The Hall–Kier alpha value is -4.34. The van der Waals surface area contributed by atoms with Crippen molar-refractivity contribution in [3.05, 3.63) is 65.3 Å². The molecule has 1 N–H and O–H groups in total.